The van der Waals surface area contributed by atoms with Gasteiger partial charge in [0.2, 0.25) is 0 Å². The van der Waals surface area contributed by atoms with E-state index in [0.717, 1.165) is 36.7 Å². The summed E-state index contributed by atoms with van der Waals surface area (Å²) in [7, 11) is 1.96. The van der Waals surface area contributed by atoms with Gasteiger partial charge in [-0.25, -0.2) is 0 Å². The lowest BCUT2D eigenvalue weighted by Crippen LogP contribution is -2.48. The van der Waals surface area contributed by atoms with Gasteiger partial charge in [0.15, 0.2) is 0 Å². The number of likely N-dealkylation sites (N-methyl/N-ethyl adjacent to an activating group) is 1. The summed E-state index contributed by atoms with van der Waals surface area (Å²) >= 11 is 0. The highest BCUT2D eigenvalue weighted by Gasteiger charge is 2.51. The Balaban J connectivity index is 1.51. The van der Waals surface area contributed by atoms with Crippen LogP contribution in [0.1, 0.15) is 44.1 Å². The van der Waals surface area contributed by atoms with Crippen LogP contribution in [0.5, 0.6) is 5.75 Å². The second kappa shape index (κ2) is 5.31. The first-order valence-electron chi connectivity index (χ1n) is 8.65. The number of hydrogen-bond acceptors (Lipinski definition) is 2. The standard InChI is InChI=1S/C19H27NO/c1-20-6-7-21-18-4-2-17(3-5-18)19-11-14-8-15(12-19)10-16(9-14)13-19/h2-5,14-16,20H,6-13H2,1H3. The molecule has 4 aliphatic rings. The molecule has 4 aliphatic carbocycles. The molecule has 4 bridgehead atoms. The third-order valence-corrected chi connectivity index (χ3v) is 6.13. The Kier molecular flexibility index (Phi) is 3.45. The molecule has 0 unspecified atom stereocenters. The van der Waals surface area contributed by atoms with Crippen molar-refractivity contribution in [2.45, 2.75) is 43.9 Å². The molecule has 4 fully saturated rings. The van der Waals surface area contributed by atoms with Crippen LogP contribution in [0.2, 0.25) is 0 Å². The van der Waals surface area contributed by atoms with Gasteiger partial charge in [-0.1, -0.05) is 12.1 Å². The van der Waals surface area contributed by atoms with Crippen LogP contribution in [-0.2, 0) is 5.41 Å². The van der Waals surface area contributed by atoms with E-state index in [0.29, 0.717) is 5.41 Å². The predicted octanol–water partition coefficient (Wildman–Crippen LogP) is 3.75. The average molecular weight is 285 g/mol. The molecule has 2 nitrogen and oxygen atoms in total. The van der Waals surface area contributed by atoms with Crippen molar-refractivity contribution in [2.75, 3.05) is 20.2 Å². The normalized spacial score (nSPS) is 36.9. The molecule has 0 heterocycles. The molecule has 21 heavy (non-hydrogen) atoms. The molecule has 0 amide bonds. The maximum Gasteiger partial charge on any atom is 0.119 e. The van der Waals surface area contributed by atoms with Gasteiger partial charge in [0, 0.05) is 6.54 Å². The fraction of sp³-hybridized carbons (Fsp3) is 0.684. The summed E-state index contributed by atoms with van der Waals surface area (Å²) in [5, 5.41) is 3.11. The molecule has 1 N–H and O–H groups in total. The van der Waals surface area contributed by atoms with Crippen molar-refractivity contribution >= 4 is 0 Å². The van der Waals surface area contributed by atoms with Crippen molar-refractivity contribution in [1.29, 1.82) is 0 Å². The highest BCUT2D eigenvalue weighted by atomic mass is 16.5. The number of hydrogen-bond donors (Lipinski definition) is 1. The van der Waals surface area contributed by atoms with E-state index in [9.17, 15) is 0 Å². The number of nitrogens with one attached hydrogen (secondary N) is 1. The van der Waals surface area contributed by atoms with Crippen molar-refractivity contribution in [3.05, 3.63) is 29.8 Å². The Morgan fingerprint density at radius 2 is 1.57 bits per heavy atom. The molecule has 0 aromatic heterocycles. The predicted molar refractivity (Wildman–Crippen MR) is 85.7 cm³/mol. The third-order valence-electron chi connectivity index (χ3n) is 6.13. The highest BCUT2D eigenvalue weighted by Crippen LogP contribution is 2.60. The first kappa shape index (κ1) is 13.6. The highest BCUT2D eigenvalue weighted by molar-refractivity contribution is 5.34. The molecule has 0 aliphatic heterocycles. The topological polar surface area (TPSA) is 21.3 Å². The largest absolute Gasteiger partial charge is 0.492 e. The first-order chi connectivity index (χ1) is 10.3. The minimum atomic E-state index is 0.512. The van der Waals surface area contributed by atoms with Crippen LogP contribution in [0.4, 0.5) is 0 Å². The molecule has 5 rings (SSSR count). The Labute approximate surface area is 128 Å². The van der Waals surface area contributed by atoms with Gasteiger partial charge < -0.3 is 10.1 Å². The van der Waals surface area contributed by atoms with Crippen LogP contribution in [0.15, 0.2) is 24.3 Å². The van der Waals surface area contributed by atoms with E-state index < -0.39 is 0 Å². The molecular weight excluding hydrogens is 258 g/mol. The Bertz CT molecular complexity index is 458. The summed E-state index contributed by atoms with van der Waals surface area (Å²) in [5.74, 6) is 4.06. The fourth-order valence-corrected chi connectivity index (χ4v) is 5.64. The summed E-state index contributed by atoms with van der Waals surface area (Å²) in [6.07, 6.45) is 8.89. The van der Waals surface area contributed by atoms with Crippen LogP contribution < -0.4 is 10.1 Å². The Hall–Kier alpha value is -1.02. The van der Waals surface area contributed by atoms with Gasteiger partial charge in [-0.05, 0) is 86.4 Å². The minimum Gasteiger partial charge on any atom is -0.492 e. The van der Waals surface area contributed by atoms with Gasteiger partial charge in [0.25, 0.3) is 0 Å². The number of benzene rings is 1. The van der Waals surface area contributed by atoms with Gasteiger partial charge in [0.1, 0.15) is 12.4 Å². The maximum absolute atomic E-state index is 5.76. The summed E-state index contributed by atoms with van der Waals surface area (Å²) < 4.78 is 5.76. The van der Waals surface area contributed by atoms with E-state index in [1.165, 1.54) is 38.5 Å². The molecule has 114 valence electrons. The average Bonchev–Trinajstić information content (AvgIpc) is 2.47. The van der Waals surface area contributed by atoms with Gasteiger partial charge in [-0.3, -0.25) is 0 Å². The van der Waals surface area contributed by atoms with Crippen LogP contribution in [0.25, 0.3) is 0 Å². The molecular formula is C19H27NO. The van der Waals surface area contributed by atoms with E-state index in [2.05, 4.69) is 29.6 Å². The van der Waals surface area contributed by atoms with Gasteiger partial charge in [-0.15, -0.1) is 0 Å². The zero-order chi connectivity index (χ0) is 14.3. The van der Waals surface area contributed by atoms with Crippen molar-refractivity contribution in [3.63, 3.8) is 0 Å². The zero-order valence-electron chi connectivity index (χ0n) is 13.1. The smallest absolute Gasteiger partial charge is 0.119 e. The quantitative estimate of drug-likeness (QED) is 0.832. The summed E-state index contributed by atoms with van der Waals surface area (Å²) in [6, 6.07) is 9.07. The fourth-order valence-electron chi connectivity index (χ4n) is 5.64. The minimum absolute atomic E-state index is 0.512. The van der Waals surface area contributed by atoms with E-state index >= 15 is 0 Å². The molecule has 1 aromatic carbocycles. The molecule has 0 spiro atoms. The second-order valence-electron chi connectivity index (χ2n) is 7.67. The van der Waals surface area contributed by atoms with E-state index in [-0.39, 0.29) is 0 Å². The van der Waals surface area contributed by atoms with E-state index in [1.54, 1.807) is 5.56 Å². The molecule has 1 aromatic rings. The van der Waals surface area contributed by atoms with E-state index in [1.807, 2.05) is 7.05 Å². The molecule has 0 saturated heterocycles. The monoisotopic (exact) mass is 285 g/mol. The van der Waals surface area contributed by atoms with E-state index in [4.69, 9.17) is 4.74 Å². The number of rotatable bonds is 5. The molecule has 4 saturated carbocycles. The summed E-state index contributed by atoms with van der Waals surface area (Å²) in [5.41, 5.74) is 2.10. The zero-order valence-corrected chi connectivity index (χ0v) is 13.1. The summed E-state index contributed by atoms with van der Waals surface area (Å²) in [4.78, 5) is 0. The van der Waals surface area contributed by atoms with Gasteiger partial charge in [-0.2, -0.15) is 0 Å². The van der Waals surface area contributed by atoms with Gasteiger partial charge in [0.05, 0.1) is 0 Å². The van der Waals surface area contributed by atoms with Crippen molar-refractivity contribution < 1.29 is 4.74 Å². The number of ether oxygens (including phenoxy) is 1. The van der Waals surface area contributed by atoms with Crippen molar-refractivity contribution in [3.8, 4) is 5.75 Å². The molecule has 0 atom stereocenters. The lowest BCUT2D eigenvalue weighted by molar-refractivity contribution is -0.00520. The first-order valence-corrected chi connectivity index (χ1v) is 8.65. The van der Waals surface area contributed by atoms with Gasteiger partial charge >= 0.3 is 0 Å². The summed E-state index contributed by atoms with van der Waals surface area (Å²) in [6.45, 7) is 1.64. The molecule has 2 heteroatoms. The SMILES string of the molecule is CNCCOc1ccc(C23CC4CC(CC(C4)C2)C3)cc1. The second-order valence-corrected chi connectivity index (χ2v) is 7.67. The van der Waals surface area contributed by atoms with Crippen LogP contribution in [0.3, 0.4) is 0 Å². The third kappa shape index (κ3) is 2.48. The maximum atomic E-state index is 5.76. The van der Waals surface area contributed by atoms with Crippen LogP contribution in [0, 0.1) is 17.8 Å². The van der Waals surface area contributed by atoms with Crippen molar-refractivity contribution in [1.82, 2.24) is 5.32 Å². The lowest BCUT2D eigenvalue weighted by atomic mass is 9.48. The Morgan fingerprint density at radius 3 is 2.10 bits per heavy atom. The lowest BCUT2D eigenvalue weighted by Gasteiger charge is -2.57. The molecule has 0 radical (unpaired) electrons. The van der Waals surface area contributed by atoms with Crippen LogP contribution in [-0.4, -0.2) is 20.2 Å². The van der Waals surface area contributed by atoms with Crippen molar-refractivity contribution in [2.24, 2.45) is 17.8 Å². The Morgan fingerprint density at radius 1 is 1.00 bits per heavy atom. The van der Waals surface area contributed by atoms with Crippen LogP contribution >= 0.6 is 0 Å².